The Labute approximate surface area is 185 Å². The lowest BCUT2D eigenvalue weighted by Crippen LogP contribution is -2.45. The molecule has 9 heteroatoms. The van der Waals surface area contributed by atoms with E-state index in [1.165, 1.54) is 10.4 Å². The Morgan fingerprint density at radius 2 is 1.74 bits per heavy atom. The number of aliphatic hydroxyl groups excluding tert-OH is 1. The van der Waals surface area contributed by atoms with E-state index in [0.717, 1.165) is 12.1 Å². The fraction of sp³-hybridized carbons (Fsp3) is 0.455. The molecule has 0 amide bonds. The van der Waals surface area contributed by atoms with Crippen molar-refractivity contribution >= 4 is 21.6 Å². The maximum absolute atomic E-state index is 13.2. The van der Waals surface area contributed by atoms with Gasteiger partial charge in [-0.15, -0.1) is 0 Å². The molecule has 1 fully saturated rings. The van der Waals surface area contributed by atoms with Gasteiger partial charge in [0.15, 0.2) is 0 Å². The third-order valence-electron chi connectivity index (χ3n) is 6.03. The van der Waals surface area contributed by atoms with Crippen molar-refractivity contribution in [1.29, 1.82) is 0 Å². The highest BCUT2D eigenvalue weighted by molar-refractivity contribution is 7.89. The number of halogens is 4. The Balaban J connectivity index is 1.79. The molecule has 2 aromatic carbocycles. The molecule has 3 rings (SSSR count). The Bertz CT molecular complexity index is 1060. The third-order valence-corrected chi connectivity index (χ3v) is 8.47. The Morgan fingerprint density at radius 1 is 1.10 bits per heavy atom. The molecule has 0 unspecified atom stereocenters. The van der Waals surface area contributed by atoms with Crippen LogP contribution in [0.25, 0.3) is 0 Å². The number of hydrogen-bond donors (Lipinski definition) is 1. The number of alkyl halides is 3. The molecule has 4 nitrogen and oxygen atoms in total. The summed E-state index contributed by atoms with van der Waals surface area (Å²) in [5, 5.41) is 10.5. The van der Waals surface area contributed by atoms with Crippen LogP contribution >= 0.6 is 11.6 Å². The molecule has 170 valence electrons. The maximum atomic E-state index is 13.2. The van der Waals surface area contributed by atoms with E-state index >= 15 is 0 Å². The van der Waals surface area contributed by atoms with E-state index in [2.05, 4.69) is 0 Å². The van der Waals surface area contributed by atoms with Crippen LogP contribution in [0.2, 0.25) is 5.02 Å². The van der Waals surface area contributed by atoms with Crippen molar-refractivity contribution in [1.82, 2.24) is 4.31 Å². The molecule has 0 bridgehead atoms. The summed E-state index contributed by atoms with van der Waals surface area (Å²) in [5.41, 5.74) is 0.299. The lowest BCUT2D eigenvalue weighted by atomic mass is 9.75. The first-order valence-electron chi connectivity index (χ1n) is 9.92. The van der Waals surface area contributed by atoms with Crippen LogP contribution in [-0.4, -0.2) is 37.5 Å². The summed E-state index contributed by atoms with van der Waals surface area (Å²) in [4.78, 5) is 0.198. The van der Waals surface area contributed by atoms with Crippen LogP contribution in [0.4, 0.5) is 13.2 Å². The van der Waals surface area contributed by atoms with E-state index in [-0.39, 0.29) is 31.0 Å². The number of sulfonamides is 1. The summed E-state index contributed by atoms with van der Waals surface area (Å²) >= 11 is 6.09. The van der Waals surface area contributed by atoms with Crippen molar-refractivity contribution in [3.8, 4) is 0 Å². The van der Waals surface area contributed by atoms with Crippen molar-refractivity contribution in [2.45, 2.75) is 44.2 Å². The number of piperidine rings is 1. The monoisotopic (exact) mass is 475 g/mol. The second-order valence-electron chi connectivity index (χ2n) is 8.30. The molecular formula is C22H25ClF3NO3S. The minimum absolute atomic E-state index is 0.184. The highest BCUT2D eigenvalue weighted by Gasteiger charge is 2.39. The zero-order valence-electron chi connectivity index (χ0n) is 17.3. The highest BCUT2D eigenvalue weighted by Crippen LogP contribution is 2.38. The second-order valence-corrected chi connectivity index (χ2v) is 10.6. The van der Waals surface area contributed by atoms with Gasteiger partial charge in [0.1, 0.15) is 0 Å². The Morgan fingerprint density at radius 3 is 2.32 bits per heavy atom. The number of aryl methyl sites for hydroxylation is 2. The van der Waals surface area contributed by atoms with Gasteiger partial charge in [-0.2, -0.15) is 17.5 Å². The highest BCUT2D eigenvalue weighted by atomic mass is 35.5. The SMILES string of the molecule is Cc1cc(S(=O)(=O)N2CCC(CO)(Cc3cccc(C(F)(F)F)c3)CC2)c(C)cc1Cl. The fourth-order valence-corrected chi connectivity index (χ4v) is 6.00. The van der Waals surface area contributed by atoms with Gasteiger partial charge in [-0.05, 0) is 73.4 Å². The fourth-order valence-electron chi connectivity index (χ4n) is 4.05. The van der Waals surface area contributed by atoms with Gasteiger partial charge in [-0.3, -0.25) is 0 Å². The van der Waals surface area contributed by atoms with Gasteiger partial charge in [0.2, 0.25) is 10.0 Å². The first kappa shape index (κ1) is 24.0. The van der Waals surface area contributed by atoms with Crippen LogP contribution in [-0.2, 0) is 22.6 Å². The van der Waals surface area contributed by atoms with Crippen LogP contribution in [0.3, 0.4) is 0 Å². The van der Waals surface area contributed by atoms with Crippen LogP contribution in [0.5, 0.6) is 0 Å². The van der Waals surface area contributed by atoms with Gasteiger partial charge < -0.3 is 5.11 Å². The summed E-state index contributed by atoms with van der Waals surface area (Å²) in [7, 11) is -3.75. The molecule has 1 aliphatic heterocycles. The van der Waals surface area contributed by atoms with Gasteiger partial charge in [-0.25, -0.2) is 8.42 Å². The summed E-state index contributed by atoms with van der Waals surface area (Å²) < 4.78 is 66.8. The van der Waals surface area contributed by atoms with Gasteiger partial charge in [-0.1, -0.05) is 29.8 Å². The van der Waals surface area contributed by atoms with Crippen molar-refractivity contribution in [3.63, 3.8) is 0 Å². The standard InChI is InChI=1S/C22H25ClF3NO3S/c1-15-11-20(16(2)10-19(15)23)31(29,30)27-8-6-21(14-28,7-9-27)13-17-4-3-5-18(12-17)22(24,25)26/h3-5,10-12,28H,6-9,13-14H2,1-2H3. The van der Waals surface area contributed by atoms with Crippen LogP contribution < -0.4 is 0 Å². The van der Waals surface area contributed by atoms with Gasteiger partial charge in [0, 0.05) is 24.7 Å². The van der Waals surface area contributed by atoms with E-state index in [1.54, 1.807) is 32.0 Å². The number of aliphatic hydroxyl groups is 1. The second kappa shape index (κ2) is 8.73. The molecule has 0 saturated carbocycles. The maximum Gasteiger partial charge on any atom is 0.416 e. The van der Waals surface area contributed by atoms with Gasteiger partial charge in [0.25, 0.3) is 0 Å². The lowest BCUT2D eigenvalue weighted by molar-refractivity contribution is -0.137. The van der Waals surface area contributed by atoms with E-state index in [9.17, 15) is 26.7 Å². The number of nitrogens with zero attached hydrogens (tertiary/aromatic N) is 1. The molecule has 1 aliphatic rings. The zero-order chi connectivity index (χ0) is 23.0. The molecule has 0 aromatic heterocycles. The summed E-state index contributed by atoms with van der Waals surface area (Å²) in [6, 6.07) is 8.26. The minimum atomic E-state index is -4.44. The summed E-state index contributed by atoms with van der Waals surface area (Å²) in [6.07, 6.45) is -3.48. The largest absolute Gasteiger partial charge is 0.416 e. The van der Waals surface area contributed by atoms with E-state index in [0.29, 0.717) is 34.6 Å². The number of hydrogen-bond acceptors (Lipinski definition) is 3. The zero-order valence-corrected chi connectivity index (χ0v) is 18.9. The quantitative estimate of drug-likeness (QED) is 0.663. The summed E-state index contributed by atoms with van der Waals surface area (Å²) in [5.74, 6) is 0. The molecule has 0 spiro atoms. The average molecular weight is 476 g/mol. The number of rotatable bonds is 5. The van der Waals surface area contributed by atoms with Crippen molar-refractivity contribution in [2.24, 2.45) is 5.41 Å². The van der Waals surface area contributed by atoms with E-state index < -0.39 is 27.2 Å². The number of benzene rings is 2. The predicted molar refractivity (Wildman–Crippen MR) is 114 cm³/mol. The van der Waals surface area contributed by atoms with Crippen molar-refractivity contribution in [3.05, 3.63) is 63.7 Å². The first-order valence-corrected chi connectivity index (χ1v) is 11.7. The Hall–Kier alpha value is -1.61. The van der Waals surface area contributed by atoms with Gasteiger partial charge >= 0.3 is 6.18 Å². The molecule has 1 heterocycles. The molecule has 31 heavy (non-hydrogen) atoms. The smallest absolute Gasteiger partial charge is 0.396 e. The van der Waals surface area contributed by atoms with E-state index in [1.807, 2.05) is 0 Å². The molecule has 0 atom stereocenters. The average Bonchev–Trinajstić information content (AvgIpc) is 2.70. The summed E-state index contributed by atoms with van der Waals surface area (Å²) in [6.45, 7) is 3.57. The minimum Gasteiger partial charge on any atom is -0.396 e. The van der Waals surface area contributed by atoms with Crippen LogP contribution in [0, 0.1) is 19.3 Å². The van der Waals surface area contributed by atoms with E-state index in [4.69, 9.17) is 11.6 Å². The van der Waals surface area contributed by atoms with Crippen LogP contribution in [0.1, 0.15) is 35.1 Å². The molecule has 0 radical (unpaired) electrons. The predicted octanol–water partition coefficient (Wildman–Crippen LogP) is 4.98. The molecule has 1 saturated heterocycles. The molecule has 0 aliphatic carbocycles. The normalized spacial score (nSPS) is 17.6. The van der Waals surface area contributed by atoms with Crippen molar-refractivity contribution in [2.75, 3.05) is 19.7 Å². The van der Waals surface area contributed by atoms with Crippen LogP contribution in [0.15, 0.2) is 41.3 Å². The topological polar surface area (TPSA) is 57.6 Å². The third kappa shape index (κ3) is 5.08. The lowest BCUT2D eigenvalue weighted by Gasteiger charge is -2.40. The molecule has 2 aromatic rings. The molecular weight excluding hydrogens is 451 g/mol. The Kier molecular flexibility index (Phi) is 6.77. The first-order chi connectivity index (χ1) is 14.4. The van der Waals surface area contributed by atoms with Crippen molar-refractivity contribution < 1.29 is 26.7 Å². The van der Waals surface area contributed by atoms with Gasteiger partial charge in [0.05, 0.1) is 10.5 Å². The molecule has 1 N–H and O–H groups in total.